The molecule has 0 aromatic carbocycles. The van der Waals surface area contributed by atoms with Crippen molar-refractivity contribution in [3.8, 4) is 0 Å². The average Bonchev–Trinajstić information content (AvgIpc) is 2.67. The minimum Gasteiger partial charge on any atom is -0.307 e. The maximum absolute atomic E-state index is 9.75. The minimum atomic E-state index is -0.855. The molecule has 1 rings (SSSR count). The quantitative estimate of drug-likeness (QED) is 0.0958. The largest absolute Gasteiger partial charge is 0.398 e. The molecule has 0 unspecified atom stereocenters. The number of nitro groups is 1. The van der Waals surface area contributed by atoms with Crippen molar-refractivity contribution >= 4 is 11.9 Å². The summed E-state index contributed by atoms with van der Waals surface area (Å²) in [5.74, 6) is 14.6. The molecule has 0 radical (unpaired) electrons. The van der Waals surface area contributed by atoms with Gasteiger partial charge in [0.15, 0.2) is 0 Å². The first-order valence-corrected chi connectivity index (χ1v) is 3.90. The number of aryl methyl sites for hydroxylation is 1. The molecule has 1 aromatic heterocycles. The normalized spacial score (nSPS) is 8.41. The number of nitrogens with zero attached hydrogens (tertiary/aromatic N) is 6. The zero-order chi connectivity index (χ0) is 13.3. The van der Waals surface area contributed by atoms with E-state index >= 15 is 0 Å². The summed E-state index contributed by atoms with van der Waals surface area (Å²) >= 11 is 0. The van der Waals surface area contributed by atoms with Gasteiger partial charge in [-0.2, -0.15) is 16.8 Å². The van der Waals surface area contributed by atoms with Crippen LogP contribution in [0.4, 0.5) is 5.95 Å². The van der Waals surface area contributed by atoms with Gasteiger partial charge in [-0.3, -0.25) is 5.84 Å². The van der Waals surface area contributed by atoms with Crippen molar-refractivity contribution in [2.75, 3.05) is 0 Å². The fourth-order valence-electron chi connectivity index (χ4n) is 0.507. The molecule has 17 heavy (non-hydrogen) atoms. The smallest absolute Gasteiger partial charge is 0.307 e. The first-order chi connectivity index (χ1) is 8.04. The average molecular weight is 248 g/mol. The first-order valence-electron chi connectivity index (χ1n) is 3.90. The summed E-state index contributed by atoms with van der Waals surface area (Å²) < 4.78 is 1.10. The molecular formula is C3H12N12O2. The number of hydrogen-bond acceptors (Lipinski definition) is 8. The van der Waals surface area contributed by atoms with Crippen molar-refractivity contribution in [1.82, 2.24) is 31.1 Å². The van der Waals surface area contributed by atoms with Crippen LogP contribution >= 0.6 is 0 Å². The molecule has 96 valence electrons. The molecule has 0 aliphatic carbocycles. The third-order valence-electron chi connectivity index (χ3n) is 1.20. The molecule has 14 heteroatoms. The fourth-order valence-corrected chi connectivity index (χ4v) is 0.507. The number of tetrazole rings is 1. The Morgan fingerprint density at radius 3 is 2.41 bits per heavy atom. The van der Waals surface area contributed by atoms with Crippen LogP contribution in [0.3, 0.4) is 0 Å². The maximum atomic E-state index is 9.75. The summed E-state index contributed by atoms with van der Waals surface area (Å²) in [7, 11) is 1.46. The highest BCUT2D eigenvalue weighted by Crippen LogP contribution is 2.08. The van der Waals surface area contributed by atoms with Gasteiger partial charge in [-0.05, 0) is 7.05 Å². The summed E-state index contributed by atoms with van der Waals surface area (Å²) in [4.78, 5) is 9.75. The van der Waals surface area contributed by atoms with Crippen LogP contribution in [-0.2, 0) is 7.05 Å². The Morgan fingerprint density at radius 1 is 1.59 bits per heavy atom. The minimum absolute atomic E-state index is 0.120. The van der Waals surface area contributed by atoms with E-state index in [1.165, 1.54) is 7.05 Å². The molecule has 0 saturated heterocycles. The van der Waals surface area contributed by atoms with Gasteiger partial charge in [0.2, 0.25) is 0 Å². The molecule has 1 heterocycles. The van der Waals surface area contributed by atoms with E-state index in [0.29, 0.717) is 0 Å². The van der Waals surface area contributed by atoms with E-state index in [1.54, 1.807) is 0 Å². The SMILES string of the molecule is Cn1nnnc1[N-][N+](=O)[O-].NNC(NN)=[NH+]N. The topological polar surface area (TPSA) is 217 Å². The van der Waals surface area contributed by atoms with E-state index in [2.05, 4.69) is 36.9 Å². The number of nitrogens with one attached hydrogen (secondary N) is 3. The van der Waals surface area contributed by atoms with E-state index in [0.717, 1.165) is 4.68 Å². The zero-order valence-electron chi connectivity index (χ0n) is 8.73. The molecule has 0 spiro atoms. The van der Waals surface area contributed by atoms with Gasteiger partial charge in [-0.15, -0.1) is 10.4 Å². The lowest BCUT2D eigenvalue weighted by molar-refractivity contribution is -0.474. The second kappa shape index (κ2) is 7.54. The molecular weight excluding hydrogens is 236 g/mol. The molecule has 0 aliphatic rings. The summed E-state index contributed by atoms with van der Waals surface area (Å²) in [6, 6.07) is 0. The predicted molar refractivity (Wildman–Crippen MR) is 53.6 cm³/mol. The lowest BCUT2D eigenvalue weighted by atomic mass is 11.0. The number of hydrazone groups is 1. The van der Waals surface area contributed by atoms with Crippen LogP contribution in [0.1, 0.15) is 0 Å². The van der Waals surface area contributed by atoms with Gasteiger partial charge in [-0.25, -0.2) is 26.1 Å². The number of hydrogen-bond donors (Lipinski definition) is 6. The number of guanidine groups is 1. The summed E-state index contributed by atoms with van der Waals surface area (Å²) in [5.41, 5.74) is 7.16. The molecule has 1 aromatic rings. The first kappa shape index (κ1) is 14.3. The molecule has 0 aliphatic heterocycles. The Kier molecular flexibility index (Phi) is 6.32. The number of aromatic nitrogens is 4. The molecule has 14 nitrogen and oxygen atoms in total. The Balaban J connectivity index is 0.000000325. The molecule has 0 amide bonds. The Bertz CT molecular complexity index is 364. The van der Waals surface area contributed by atoms with Crippen molar-refractivity contribution < 1.29 is 10.1 Å². The van der Waals surface area contributed by atoms with Gasteiger partial charge in [-0.1, -0.05) is 5.43 Å². The Morgan fingerprint density at radius 2 is 2.18 bits per heavy atom. The summed E-state index contributed by atoms with van der Waals surface area (Å²) in [6.45, 7) is 0. The lowest BCUT2D eigenvalue weighted by Gasteiger charge is -1.98. The van der Waals surface area contributed by atoms with Gasteiger partial charge < -0.3 is 4.68 Å². The van der Waals surface area contributed by atoms with Crippen molar-refractivity contribution in [2.24, 2.45) is 24.6 Å². The van der Waals surface area contributed by atoms with Crippen molar-refractivity contribution in [1.29, 1.82) is 0 Å². The molecule has 0 atom stereocenters. The van der Waals surface area contributed by atoms with Crippen molar-refractivity contribution in [3.05, 3.63) is 15.5 Å². The lowest BCUT2D eigenvalue weighted by Crippen LogP contribution is -2.86. The van der Waals surface area contributed by atoms with Gasteiger partial charge in [0.25, 0.3) is 0 Å². The van der Waals surface area contributed by atoms with Crippen molar-refractivity contribution in [2.45, 2.75) is 0 Å². The Labute approximate surface area is 94.2 Å². The molecule has 0 saturated carbocycles. The van der Waals surface area contributed by atoms with Crippen LogP contribution in [0, 0.1) is 10.1 Å². The standard InChI is InChI=1S/C2H3N6O2.CH8N6/c1-7-2(3-5-6-7)4-8(9)10;2-5-1(6-3)7-4/h1H3;2-4H2,(H2,5,6,7)/q-1;/p+1. The van der Waals surface area contributed by atoms with Crippen LogP contribution in [0.15, 0.2) is 0 Å². The van der Waals surface area contributed by atoms with E-state index < -0.39 is 5.03 Å². The molecule has 9 N–H and O–H groups in total. The second-order valence-electron chi connectivity index (χ2n) is 2.25. The van der Waals surface area contributed by atoms with E-state index in [-0.39, 0.29) is 11.9 Å². The monoisotopic (exact) mass is 248 g/mol. The van der Waals surface area contributed by atoms with Gasteiger partial charge in [0, 0.05) is 0 Å². The van der Waals surface area contributed by atoms with Crippen LogP contribution in [0.25, 0.3) is 5.43 Å². The molecule has 0 fully saturated rings. The highest BCUT2D eigenvalue weighted by Gasteiger charge is 1.96. The third-order valence-corrected chi connectivity index (χ3v) is 1.20. The highest BCUT2D eigenvalue weighted by atomic mass is 16.7. The van der Waals surface area contributed by atoms with Crippen LogP contribution in [-0.4, -0.2) is 31.2 Å². The summed E-state index contributed by atoms with van der Waals surface area (Å²) in [6.07, 6.45) is 0. The van der Waals surface area contributed by atoms with Gasteiger partial charge in [0.05, 0.1) is 0 Å². The van der Waals surface area contributed by atoms with Crippen LogP contribution < -0.4 is 33.5 Å². The molecule has 0 bridgehead atoms. The van der Waals surface area contributed by atoms with Crippen LogP contribution in [0.2, 0.25) is 0 Å². The van der Waals surface area contributed by atoms with E-state index in [1.807, 2.05) is 0 Å². The number of rotatable bonds is 2. The van der Waals surface area contributed by atoms with Crippen molar-refractivity contribution in [3.63, 3.8) is 0 Å². The van der Waals surface area contributed by atoms with E-state index in [4.69, 9.17) is 17.5 Å². The number of hydrazine groups is 3. The van der Waals surface area contributed by atoms with Crippen LogP contribution in [0.5, 0.6) is 0 Å². The highest BCUT2D eigenvalue weighted by molar-refractivity contribution is 5.72. The maximum Gasteiger partial charge on any atom is 0.398 e. The zero-order valence-corrected chi connectivity index (χ0v) is 8.73. The second-order valence-corrected chi connectivity index (χ2v) is 2.25. The Hall–Kier alpha value is -2.74. The third kappa shape index (κ3) is 5.64. The predicted octanol–water partition coefficient (Wildman–Crippen LogP) is -5.37. The van der Waals surface area contributed by atoms with Gasteiger partial charge >= 0.3 is 5.96 Å². The fraction of sp³-hybridized carbons (Fsp3) is 0.333. The van der Waals surface area contributed by atoms with E-state index in [9.17, 15) is 10.1 Å². The van der Waals surface area contributed by atoms with Gasteiger partial charge in [0.1, 0.15) is 11.0 Å². The number of nitrogens with two attached hydrogens (primary N) is 3. The summed E-state index contributed by atoms with van der Waals surface area (Å²) in [5, 5.41) is 20.8.